The van der Waals surface area contributed by atoms with E-state index in [-0.39, 0.29) is 0 Å². The van der Waals surface area contributed by atoms with E-state index in [0.29, 0.717) is 12.0 Å². The molecule has 0 aromatic carbocycles. The van der Waals surface area contributed by atoms with Crippen molar-refractivity contribution >= 4 is 27.7 Å². The molecule has 1 aliphatic rings. The Morgan fingerprint density at radius 2 is 2.33 bits per heavy atom. The molecule has 1 heterocycles. The van der Waals surface area contributed by atoms with Gasteiger partial charge in [-0.3, -0.25) is 0 Å². The third-order valence-corrected chi connectivity index (χ3v) is 3.03. The molecule has 0 atom stereocenters. The minimum atomic E-state index is 0.343. The second kappa shape index (κ2) is 4.35. The maximum atomic E-state index is 5.61. The molecule has 82 valence electrons. The number of nitrogens with two attached hydrogens (primary N) is 1. The van der Waals surface area contributed by atoms with Crippen LogP contribution in [0.5, 0.6) is 0 Å². The Morgan fingerprint density at radius 1 is 1.60 bits per heavy atom. The van der Waals surface area contributed by atoms with E-state index in [1.807, 2.05) is 0 Å². The highest BCUT2D eigenvalue weighted by atomic mass is 79.9. The normalized spacial score (nSPS) is 15.3. The van der Waals surface area contributed by atoms with Gasteiger partial charge in [0, 0.05) is 18.8 Å². The number of anilines is 2. The molecule has 4 nitrogen and oxygen atoms in total. The van der Waals surface area contributed by atoms with E-state index in [1.54, 1.807) is 6.20 Å². The molecule has 0 amide bonds. The first-order chi connectivity index (χ1) is 7.22. The molecule has 1 aromatic rings. The zero-order valence-corrected chi connectivity index (χ0v) is 10.4. The lowest BCUT2D eigenvalue weighted by atomic mass is 10.4. The second-order valence-corrected chi connectivity index (χ2v) is 4.68. The molecular formula is C10H15BrN4. The number of nitrogens with zero attached hydrogens (tertiary/aromatic N) is 3. The molecule has 0 spiro atoms. The van der Waals surface area contributed by atoms with Crippen LogP contribution in [0.1, 0.15) is 26.2 Å². The van der Waals surface area contributed by atoms with Crippen LogP contribution < -0.4 is 10.6 Å². The third kappa shape index (κ3) is 2.40. The van der Waals surface area contributed by atoms with Gasteiger partial charge in [0.2, 0.25) is 5.95 Å². The van der Waals surface area contributed by atoms with Gasteiger partial charge in [0.05, 0.1) is 4.47 Å². The molecule has 15 heavy (non-hydrogen) atoms. The summed E-state index contributed by atoms with van der Waals surface area (Å²) in [5.41, 5.74) is 5.61. The summed E-state index contributed by atoms with van der Waals surface area (Å²) in [4.78, 5) is 10.6. The van der Waals surface area contributed by atoms with E-state index in [0.717, 1.165) is 23.3 Å². The van der Waals surface area contributed by atoms with E-state index in [4.69, 9.17) is 5.73 Å². The van der Waals surface area contributed by atoms with Crippen molar-refractivity contribution in [2.75, 3.05) is 17.2 Å². The average Bonchev–Trinajstić information content (AvgIpc) is 3.02. The molecule has 0 saturated heterocycles. The maximum Gasteiger partial charge on any atom is 0.222 e. The number of nitrogen functional groups attached to an aromatic ring is 1. The Bertz CT molecular complexity index is 351. The first-order valence-electron chi connectivity index (χ1n) is 5.27. The van der Waals surface area contributed by atoms with Crippen LogP contribution >= 0.6 is 15.9 Å². The lowest BCUT2D eigenvalue weighted by molar-refractivity contribution is 0.747. The summed E-state index contributed by atoms with van der Waals surface area (Å²) in [5.74, 6) is 1.28. The molecule has 0 radical (unpaired) electrons. The molecular weight excluding hydrogens is 256 g/mol. The van der Waals surface area contributed by atoms with Crippen LogP contribution in [0, 0.1) is 0 Å². The van der Waals surface area contributed by atoms with Gasteiger partial charge >= 0.3 is 0 Å². The van der Waals surface area contributed by atoms with Gasteiger partial charge in [-0.2, -0.15) is 4.98 Å². The first kappa shape index (κ1) is 10.7. The smallest absolute Gasteiger partial charge is 0.222 e. The number of rotatable bonds is 4. The molecule has 2 rings (SSSR count). The van der Waals surface area contributed by atoms with E-state index in [2.05, 4.69) is 37.7 Å². The fourth-order valence-corrected chi connectivity index (χ4v) is 2.08. The molecule has 0 aliphatic heterocycles. The van der Waals surface area contributed by atoms with Crippen molar-refractivity contribution < 1.29 is 0 Å². The van der Waals surface area contributed by atoms with Crippen LogP contribution in [0.4, 0.5) is 11.8 Å². The zero-order chi connectivity index (χ0) is 10.8. The number of hydrogen-bond acceptors (Lipinski definition) is 4. The van der Waals surface area contributed by atoms with Crippen molar-refractivity contribution in [3.63, 3.8) is 0 Å². The summed E-state index contributed by atoms with van der Waals surface area (Å²) in [5, 5.41) is 0. The van der Waals surface area contributed by atoms with Crippen LogP contribution in [-0.2, 0) is 0 Å². The fraction of sp³-hybridized carbons (Fsp3) is 0.600. The van der Waals surface area contributed by atoms with Crippen LogP contribution in [-0.4, -0.2) is 22.6 Å². The Balaban J connectivity index is 2.27. The molecule has 1 aliphatic carbocycles. The first-order valence-corrected chi connectivity index (χ1v) is 6.06. The largest absolute Gasteiger partial charge is 0.368 e. The Hall–Kier alpha value is -0.840. The van der Waals surface area contributed by atoms with Gasteiger partial charge in [0.25, 0.3) is 0 Å². The quantitative estimate of drug-likeness (QED) is 0.912. The van der Waals surface area contributed by atoms with E-state index in [9.17, 15) is 0 Å². The highest BCUT2D eigenvalue weighted by molar-refractivity contribution is 9.10. The van der Waals surface area contributed by atoms with Gasteiger partial charge in [-0.05, 0) is 35.2 Å². The van der Waals surface area contributed by atoms with Gasteiger partial charge in [-0.25, -0.2) is 4.98 Å². The molecule has 1 fully saturated rings. The predicted molar refractivity (Wildman–Crippen MR) is 64.8 cm³/mol. The number of hydrogen-bond donors (Lipinski definition) is 1. The molecule has 0 unspecified atom stereocenters. The summed E-state index contributed by atoms with van der Waals surface area (Å²) >= 11 is 3.47. The van der Waals surface area contributed by atoms with E-state index >= 15 is 0 Å². The van der Waals surface area contributed by atoms with Crippen LogP contribution in [0.25, 0.3) is 0 Å². The minimum absolute atomic E-state index is 0.343. The molecule has 1 aromatic heterocycles. The maximum absolute atomic E-state index is 5.61. The third-order valence-electron chi connectivity index (χ3n) is 2.47. The summed E-state index contributed by atoms with van der Waals surface area (Å²) in [6.07, 6.45) is 5.36. The van der Waals surface area contributed by atoms with Crippen molar-refractivity contribution in [3.8, 4) is 0 Å². The minimum Gasteiger partial charge on any atom is -0.368 e. The lowest BCUT2D eigenvalue weighted by Gasteiger charge is -2.23. The Morgan fingerprint density at radius 3 is 2.93 bits per heavy atom. The summed E-state index contributed by atoms with van der Waals surface area (Å²) in [6, 6.07) is 0.649. The molecule has 5 heteroatoms. The summed E-state index contributed by atoms with van der Waals surface area (Å²) in [7, 11) is 0. The average molecular weight is 271 g/mol. The fourth-order valence-electron chi connectivity index (χ4n) is 1.66. The summed E-state index contributed by atoms with van der Waals surface area (Å²) in [6.45, 7) is 3.20. The standard InChI is InChI=1S/C10H15BrN4/c1-2-5-15(7-3-4-7)9-8(11)6-13-10(12)14-9/h6-7H,2-5H2,1H3,(H2,12,13,14). The van der Waals surface area contributed by atoms with Crippen molar-refractivity contribution in [1.29, 1.82) is 0 Å². The zero-order valence-electron chi connectivity index (χ0n) is 8.78. The van der Waals surface area contributed by atoms with Gasteiger partial charge < -0.3 is 10.6 Å². The summed E-state index contributed by atoms with van der Waals surface area (Å²) < 4.78 is 0.928. The van der Waals surface area contributed by atoms with Crippen molar-refractivity contribution in [2.45, 2.75) is 32.2 Å². The Labute approximate surface area is 98.0 Å². The highest BCUT2D eigenvalue weighted by Gasteiger charge is 2.30. The molecule has 2 N–H and O–H groups in total. The highest BCUT2D eigenvalue weighted by Crippen LogP contribution is 2.34. The van der Waals surface area contributed by atoms with Gasteiger partial charge in [-0.1, -0.05) is 6.92 Å². The van der Waals surface area contributed by atoms with E-state index < -0.39 is 0 Å². The van der Waals surface area contributed by atoms with Crippen molar-refractivity contribution in [3.05, 3.63) is 10.7 Å². The SMILES string of the molecule is CCCN(c1nc(N)ncc1Br)C1CC1. The second-order valence-electron chi connectivity index (χ2n) is 3.82. The number of aromatic nitrogens is 2. The van der Waals surface area contributed by atoms with E-state index in [1.165, 1.54) is 12.8 Å². The number of halogens is 1. The molecule has 0 bridgehead atoms. The Kier molecular flexibility index (Phi) is 3.09. The van der Waals surface area contributed by atoms with Gasteiger partial charge in [0.15, 0.2) is 0 Å². The van der Waals surface area contributed by atoms with Crippen LogP contribution in [0.15, 0.2) is 10.7 Å². The topological polar surface area (TPSA) is 55.0 Å². The van der Waals surface area contributed by atoms with Crippen LogP contribution in [0.3, 0.4) is 0 Å². The molecule has 1 saturated carbocycles. The predicted octanol–water partition coefficient (Wildman–Crippen LogP) is 2.20. The monoisotopic (exact) mass is 270 g/mol. The van der Waals surface area contributed by atoms with Crippen molar-refractivity contribution in [1.82, 2.24) is 9.97 Å². The van der Waals surface area contributed by atoms with Crippen molar-refractivity contribution in [2.24, 2.45) is 0 Å². The van der Waals surface area contributed by atoms with Gasteiger partial charge in [-0.15, -0.1) is 0 Å². The van der Waals surface area contributed by atoms with Crippen LogP contribution in [0.2, 0.25) is 0 Å². The lowest BCUT2D eigenvalue weighted by Crippen LogP contribution is -2.28. The van der Waals surface area contributed by atoms with Gasteiger partial charge in [0.1, 0.15) is 5.82 Å².